The van der Waals surface area contributed by atoms with Crippen molar-refractivity contribution < 1.29 is 14.3 Å². The van der Waals surface area contributed by atoms with Crippen LogP contribution in [0.25, 0.3) is 6.08 Å². The number of hydrogen-bond donors (Lipinski definition) is 2. The molecule has 7 nitrogen and oxygen atoms in total. The van der Waals surface area contributed by atoms with Gasteiger partial charge < -0.3 is 15.0 Å². The Labute approximate surface area is 194 Å². The second kappa shape index (κ2) is 14.8. The second-order valence-corrected chi connectivity index (χ2v) is 7.97. The van der Waals surface area contributed by atoms with Crippen LogP contribution >= 0.6 is 11.8 Å². The molecule has 0 bridgehead atoms. The summed E-state index contributed by atoms with van der Waals surface area (Å²) in [7, 11) is 0. The summed E-state index contributed by atoms with van der Waals surface area (Å²) in [6, 6.07) is 13.6. The highest BCUT2D eigenvalue weighted by Gasteiger charge is 2.24. The number of thioether (sulfide) groups is 1. The maximum absolute atomic E-state index is 11.6. The van der Waals surface area contributed by atoms with Crippen molar-refractivity contribution in [1.82, 2.24) is 10.3 Å². The summed E-state index contributed by atoms with van der Waals surface area (Å²) in [5, 5.41) is 7.40. The highest BCUT2D eigenvalue weighted by Crippen LogP contribution is 2.26. The Hall–Kier alpha value is -3.13. The van der Waals surface area contributed by atoms with Crippen molar-refractivity contribution >= 4 is 41.5 Å². The number of hydrogen-bond acceptors (Lipinski definition) is 7. The van der Waals surface area contributed by atoms with Crippen LogP contribution in [0, 0.1) is 5.41 Å². The van der Waals surface area contributed by atoms with Crippen molar-refractivity contribution in [3.63, 3.8) is 0 Å². The number of nitrogens with zero attached hydrogens (tertiary/aromatic N) is 2. The third kappa shape index (κ3) is 8.93. The number of imide groups is 1. The van der Waals surface area contributed by atoms with Crippen LogP contribution in [-0.2, 0) is 4.79 Å². The molecule has 1 aliphatic rings. The summed E-state index contributed by atoms with van der Waals surface area (Å²) in [6.45, 7) is 12.2. The minimum atomic E-state index is -0.353. The number of carbonyl (C=O) groups excluding carboxylic acids is 2. The molecule has 172 valence electrons. The first kappa shape index (κ1) is 26.9. The lowest BCUT2D eigenvalue weighted by atomic mass is 10.2. The van der Waals surface area contributed by atoms with Gasteiger partial charge in [0.05, 0.1) is 11.4 Å². The van der Waals surface area contributed by atoms with Gasteiger partial charge in [0.2, 0.25) is 0 Å². The van der Waals surface area contributed by atoms with E-state index in [9.17, 15) is 9.59 Å². The lowest BCUT2D eigenvalue weighted by Gasteiger charge is -2.27. The molecule has 0 radical (unpaired) electrons. The van der Waals surface area contributed by atoms with Gasteiger partial charge in [-0.2, -0.15) is 0 Å². The molecule has 0 atom stereocenters. The Morgan fingerprint density at radius 1 is 1.16 bits per heavy atom. The number of ether oxygens (including phenoxy) is 1. The molecular weight excluding hydrogens is 424 g/mol. The number of pyridine rings is 1. The minimum Gasteiger partial charge on any atom is -0.492 e. The summed E-state index contributed by atoms with van der Waals surface area (Å²) in [5.74, 6) is 1.33. The largest absolute Gasteiger partial charge is 0.492 e. The van der Waals surface area contributed by atoms with Gasteiger partial charge in [-0.05, 0) is 68.2 Å². The predicted molar refractivity (Wildman–Crippen MR) is 134 cm³/mol. The third-order valence-corrected chi connectivity index (χ3v) is 4.80. The molecule has 2 aromatic rings. The van der Waals surface area contributed by atoms with Crippen molar-refractivity contribution in [3.8, 4) is 5.75 Å². The molecule has 1 aliphatic heterocycles. The standard InChI is InChI=1S/C20H21N3O3S.C3H8.CH3N/c1-14(2)23(18-5-3-4-10-21-18)11-12-26-16-8-6-15(7-9-16)13-17-19(24)22-20(25)27-17;1-3-2;1-2/h3-10,13-14H,11-12H2,1-2H3,(H,22,24,25);3H2,1-2H3;2H,1H2/b17-13+;;. The number of aromatic nitrogens is 1. The third-order valence-electron chi connectivity index (χ3n) is 3.99. The van der Waals surface area contributed by atoms with Crippen LogP contribution < -0.4 is 15.0 Å². The van der Waals surface area contributed by atoms with Gasteiger partial charge in [-0.3, -0.25) is 14.9 Å². The second-order valence-electron chi connectivity index (χ2n) is 6.95. The number of amides is 2. The fourth-order valence-electron chi connectivity index (χ4n) is 2.66. The lowest BCUT2D eigenvalue weighted by Crippen LogP contribution is -2.35. The van der Waals surface area contributed by atoms with Gasteiger partial charge in [0, 0.05) is 12.2 Å². The topological polar surface area (TPSA) is 95.4 Å². The minimum absolute atomic E-state index is 0.315. The fraction of sp³-hybridized carbons (Fsp3) is 0.333. The van der Waals surface area contributed by atoms with Gasteiger partial charge in [0.25, 0.3) is 11.1 Å². The quantitative estimate of drug-likeness (QED) is 0.429. The normalized spacial score (nSPS) is 13.6. The average Bonchev–Trinajstić information content (AvgIpc) is 3.11. The molecule has 1 aromatic heterocycles. The summed E-state index contributed by atoms with van der Waals surface area (Å²) >= 11 is 0.909. The van der Waals surface area contributed by atoms with Crippen molar-refractivity contribution in [1.29, 1.82) is 5.41 Å². The zero-order valence-electron chi connectivity index (χ0n) is 19.1. The molecule has 0 spiro atoms. The van der Waals surface area contributed by atoms with Crippen molar-refractivity contribution in [2.24, 2.45) is 0 Å². The molecule has 8 heteroatoms. The molecule has 0 aliphatic carbocycles. The molecule has 1 saturated heterocycles. The summed E-state index contributed by atoms with van der Waals surface area (Å²) < 4.78 is 5.84. The fourth-order valence-corrected chi connectivity index (χ4v) is 3.34. The zero-order chi connectivity index (χ0) is 23.9. The Kier molecular flexibility index (Phi) is 12.4. The van der Waals surface area contributed by atoms with Gasteiger partial charge in [0.1, 0.15) is 18.2 Å². The van der Waals surface area contributed by atoms with E-state index < -0.39 is 0 Å². The summed E-state index contributed by atoms with van der Waals surface area (Å²) in [5.41, 5.74) is 0.840. The first-order chi connectivity index (χ1) is 15.4. The predicted octanol–water partition coefficient (Wildman–Crippen LogP) is 5.38. The number of carbonyl (C=O) groups is 2. The molecule has 2 amide bonds. The Bertz CT molecular complexity index is 871. The van der Waals surface area contributed by atoms with E-state index in [2.05, 4.69) is 49.6 Å². The molecule has 1 fully saturated rings. The van der Waals surface area contributed by atoms with E-state index >= 15 is 0 Å². The van der Waals surface area contributed by atoms with E-state index in [1.165, 1.54) is 6.42 Å². The highest BCUT2D eigenvalue weighted by atomic mass is 32.2. The first-order valence-electron chi connectivity index (χ1n) is 10.4. The molecule has 3 rings (SSSR count). The first-order valence-corrected chi connectivity index (χ1v) is 11.3. The van der Waals surface area contributed by atoms with Crippen LogP contribution in [0.3, 0.4) is 0 Å². The molecule has 2 N–H and O–H groups in total. The maximum atomic E-state index is 11.6. The SMILES string of the molecule is C=N.CC(C)N(CCOc1ccc(/C=C2/SC(=O)NC2=O)cc1)c1ccccn1.CCC. The number of benzene rings is 1. The van der Waals surface area contributed by atoms with Crippen molar-refractivity contribution in [2.75, 3.05) is 18.1 Å². The smallest absolute Gasteiger partial charge is 0.290 e. The van der Waals surface area contributed by atoms with Gasteiger partial charge in [-0.1, -0.05) is 38.5 Å². The average molecular weight is 457 g/mol. The van der Waals surface area contributed by atoms with Crippen molar-refractivity contribution in [3.05, 3.63) is 59.1 Å². The summed E-state index contributed by atoms with van der Waals surface area (Å²) in [6.07, 6.45) is 4.73. The monoisotopic (exact) mass is 456 g/mol. The van der Waals surface area contributed by atoms with Crippen LogP contribution in [-0.4, -0.2) is 42.0 Å². The molecule has 0 unspecified atom stereocenters. The molecule has 1 aromatic carbocycles. The van der Waals surface area contributed by atoms with E-state index in [0.717, 1.165) is 35.4 Å². The van der Waals surface area contributed by atoms with Crippen LogP contribution in [0.2, 0.25) is 0 Å². The van der Waals surface area contributed by atoms with Gasteiger partial charge in [-0.25, -0.2) is 4.98 Å². The zero-order valence-corrected chi connectivity index (χ0v) is 19.9. The molecule has 32 heavy (non-hydrogen) atoms. The van der Waals surface area contributed by atoms with Crippen LogP contribution in [0.1, 0.15) is 39.7 Å². The van der Waals surface area contributed by atoms with Crippen LogP contribution in [0.5, 0.6) is 5.75 Å². The molecule has 0 saturated carbocycles. The maximum Gasteiger partial charge on any atom is 0.290 e. The Morgan fingerprint density at radius 3 is 2.31 bits per heavy atom. The highest BCUT2D eigenvalue weighted by molar-refractivity contribution is 8.18. The van der Waals surface area contributed by atoms with E-state index in [1.54, 1.807) is 12.3 Å². The van der Waals surface area contributed by atoms with Crippen molar-refractivity contribution in [2.45, 2.75) is 40.2 Å². The molecular formula is C24H32N4O3S. The lowest BCUT2D eigenvalue weighted by molar-refractivity contribution is -0.115. The van der Waals surface area contributed by atoms with Gasteiger partial charge >= 0.3 is 0 Å². The Morgan fingerprint density at radius 2 is 1.81 bits per heavy atom. The number of anilines is 1. The van der Waals surface area contributed by atoms with Crippen LogP contribution in [0.4, 0.5) is 10.6 Å². The molecule has 2 heterocycles. The Balaban J connectivity index is 0.000000944. The van der Waals surface area contributed by atoms with E-state index in [1.807, 2.05) is 42.5 Å². The van der Waals surface area contributed by atoms with E-state index in [4.69, 9.17) is 10.1 Å². The van der Waals surface area contributed by atoms with E-state index in [-0.39, 0.29) is 11.1 Å². The summed E-state index contributed by atoms with van der Waals surface area (Å²) in [4.78, 5) is 29.8. The van der Waals surface area contributed by atoms with Gasteiger partial charge in [0.15, 0.2) is 0 Å². The van der Waals surface area contributed by atoms with Crippen LogP contribution in [0.15, 0.2) is 53.6 Å². The number of nitrogens with one attached hydrogen (secondary N) is 2. The number of rotatable bonds is 7. The van der Waals surface area contributed by atoms with Gasteiger partial charge in [-0.15, -0.1) is 0 Å². The van der Waals surface area contributed by atoms with E-state index in [0.29, 0.717) is 17.6 Å².